The molecule has 1 aliphatic rings. The van der Waals surface area contributed by atoms with Gasteiger partial charge >= 0.3 is 0 Å². The Morgan fingerprint density at radius 2 is 1.82 bits per heavy atom. The molecule has 1 fully saturated rings. The molecule has 3 rings (SSSR count). The Morgan fingerprint density at radius 1 is 1.18 bits per heavy atom. The van der Waals surface area contributed by atoms with Gasteiger partial charge in [0.25, 0.3) is 5.91 Å². The molecule has 0 unspecified atom stereocenters. The Kier molecular flexibility index (Phi) is 4.01. The summed E-state index contributed by atoms with van der Waals surface area (Å²) >= 11 is 0. The van der Waals surface area contributed by atoms with Gasteiger partial charge in [0.05, 0.1) is 0 Å². The Morgan fingerprint density at radius 3 is 2.45 bits per heavy atom. The van der Waals surface area contributed by atoms with Crippen LogP contribution in [0.1, 0.15) is 49.2 Å². The van der Waals surface area contributed by atoms with Crippen molar-refractivity contribution < 1.29 is 9.32 Å². The number of carbonyl (C=O) groups is 1. The zero-order valence-electron chi connectivity index (χ0n) is 13.4. The van der Waals surface area contributed by atoms with Crippen molar-refractivity contribution in [3.05, 3.63) is 41.6 Å². The van der Waals surface area contributed by atoms with Gasteiger partial charge in [-0.15, -0.1) is 0 Å². The Hall–Kier alpha value is -2.10. The second kappa shape index (κ2) is 5.95. The predicted octanol–water partition coefficient (Wildman–Crippen LogP) is 4.05. The van der Waals surface area contributed by atoms with E-state index in [0.717, 1.165) is 18.4 Å². The number of piperidine rings is 1. The normalized spacial score (nSPS) is 21.9. The predicted molar refractivity (Wildman–Crippen MR) is 85.6 cm³/mol. The smallest absolute Gasteiger partial charge is 0.276 e. The Balaban J connectivity index is 1.83. The number of hydrogen-bond acceptors (Lipinski definition) is 3. The van der Waals surface area contributed by atoms with Crippen LogP contribution in [0.25, 0.3) is 11.3 Å². The van der Waals surface area contributed by atoms with Crippen LogP contribution in [0, 0.1) is 6.92 Å². The third-order valence-electron chi connectivity index (χ3n) is 4.49. The van der Waals surface area contributed by atoms with Gasteiger partial charge in [-0.25, -0.2) is 0 Å². The number of aromatic nitrogens is 1. The Bertz CT molecular complexity index is 650. The maximum absolute atomic E-state index is 12.7. The highest BCUT2D eigenvalue weighted by atomic mass is 16.5. The number of rotatable bonds is 2. The molecule has 4 nitrogen and oxygen atoms in total. The molecule has 22 heavy (non-hydrogen) atoms. The average molecular weight is 298 g/mol. The molecule has 2 atom stereocenters. The van der Waals surface area contributed by atoms with Crippen molar-refractivity contribution in [2.24, 2.45) is 0 Å². The molecule has 0 aliphatic carbocycles. The molecule has 2 aromatic rings. The van der Waals surface area contributed by atoms with Crippen molar-refractivity contribution in [2.75, 3.05) is 0 Å². The summed E-state index contributed by atoms with van der Waals surface area (Å²) in [6, 6.07) is 10.3. The third-order valence-corrected chi connectivity index (χ3v) is 4.49. The summed E-state index contributed by atoms with van der Waals surface area (Å²) in [5.74, 6) is 0.613. The van der Waals surface area contributed by atoms with Gasteiger partial charge in [0.2, 0.25) is 0 Å². The molecule has 1 aromatic heterocycles. The lowest BCUT2D eigenvalue weighted by Crippen LogP contribution is -2.47. The monoisotopic (exact) mass is 298 g/mol. The zero-order chi connectivity index (χ0) is 15.7. The van der Waals surface area contributed by atoms with E-state index in [4.69, 9.17) is 4.52 Å². The van der Waals surface area contributed by atoms with E-state index in [1.165, 1.54) is 12.0 Å². The van der Waals surface area contributed by atoms with Crippen molar-refractivity contribution in [1.29, 1.82) is 0 Å². The van der Waals surface area contributed by atoms with Gasteiger partial charge in [-0.1, -0.05) is 35.0 Å². The lowest BCUT2D eigenvalue weighted by Gasteiger charge is -2.38. The van der Waals surface area contributed by atoms with Crippen molar-refractivity contribution in [2.45, 2.75) is 52.1 Å². The summed E-state index contributed by atoms with van der Waals surface area (Å²) in [7, 11) is 0. The lowest BCUT2D eigenvalue weighted by molar-refractivity contribution is 0.0500. The van der Waals surface area contributed by atoms with Gasteiger partial charge in [-0.3, -0.25) is 4.79 Å². The van der Waals surface area contributed by atoms with Gasteiger partial charge in [-0.05, 0) is 40.0 Å². The van der Waals surface area contributed by atoms with Gasteiger partial charge in [0.1, 0.15) is 0 Å². The van der Waals surface area contributed by atoms with E-state index in [-0.39, 0.29) is 18.0 Å². The van der Waals surface area contributed by atoms with Gasteiger partial charge < -0.3 is 9.42 Å². The maximum atomic E-state index is 12.7. The van der Waals surface area contributed by atoms with Crippen LogP contribution in [0.3, 0.4) is 0 Å². The van der Waals surface area contributed by atoms with Crippen molar-refractivity contribution in [3.8, 4) is 11.3 Å². The molecule has 0 bridgehead atoms. The van der Waals surface area contributed by atoms with E-state index in [2.05, 4.69) is 19.0 Å². The number of nitrogens with zero attached hydrogens (tertiary/aromatic N) is 2. The van der Waals surface area contributed by atoms with Crippen LogP contribution in [0.4, 0.5) is 0 Å². The van der Waals surface area contributed by atoms with E-state index in [1.807, 2.05) is 36.1 Å². The zero-order valence-corrected chi connectivity index (χ0v) is 13.4. The molecule has 4 heteroatoms. The fourth-order valence-corrected chi connectivity index (χ4v) is 3.18. The summed E-state index contributed by atoms with van der Waals surface area (Å²) in [5, 5.41) is 3.99. The van der Waals surface area contributed by atoms with Gasteiger partial charge in [0.15, 0.2) is 11.5 Å². The highest BCUT2D eigenvalue weighted by Crippen LogP contribution is 2.26. The minimum Gasteiger partial charge on any atom is -0.355 e. The van der Waals surface area contributed by atoms with Crippen LogP contribution < -0.4 is 0 Å². The van der Waals surface area contributed by atoms with Crippen LogP contribution >= 0.6 is 0 Å². The molecule has 116 valence electrons. The SMILES string of the molecule is Cc1ccc(-c2cc(C(=O)N3[C@@H](C)CCC[C@@H]3C)no2)cc1. The van der Waals surface area contributed by atoms with E-state index < -0.39 is 0 Å². The van der Waals surface area contributed by atoms with Crippen LogP contribution in [0.5, 0.6) is 0 Å². The summed E-state index contributed by atoms with van der Waals surface area (Å²) < 4.78 is 5.38. The van der Waals surface area contributed by atoms with Crippen LogP contribution in [-0.4, -0.2) is 28.0 Å². The lowest BCUT2D eigenvalue weighted by atomic mass is 9.97. The number of carbonyl (C=O) groups excluding carboxylic acids is 1. The average Bonchev–Trinajstić information content (AvgIpc) is 2.97. The number of likely N-dealkylation sites (tertiary alicyclic amines) is 1. The van der Waals surface area contributed by atoms with Crippen molar-refractivity contribution in [3.63, 3.8) is 0 Å². The van der Waals surface area contributed by atoms with E-state index in [1.54, 1.807) is 6.07 Å². The number of amides is 1. The molecule has 1 aromatic carbocycles. The first-order chi connectivity index (χ1) is 10.6. The quantitative estimate of drug-likeness (QED) is 0.840. The molecule has 0 saturated carbocycles. The van der Waals surface area contributed by atoms with Gasteiger partial charge in [0, 0.05) is 23.7 Å². The van der Waals surface area contributed by atoms with Gasteiger partial charge in [-0.2, -0.15) is 0 Å². The number of aryl methyl sites for hydroxylation is 1. The number of hydrogen-bond donors (Lipinski definition) is 0. The molecule has 1 amide bonds. The Labute approximate surface area is 131 Å². The van der Waals surface area contributed by atoms with Crippen molar-refractivity contribution >= 4 is 5.91 Å². The summed E-state index contributed by atoms with van der Waals surface area (Å²) in [6.07, 6.45) is 3.29. The summed E-state index contributed by atoms with van der Waals surface area (Å²) in [5.41, 5.74) is 2.53. The van der Waals surface area contributed by atoms with Crippen molar-refractivity contribution in [1.82, 2.24) is 10.1 Å². The minimum absolute atomic E-state index is 0.0261. The fraction of sp³-hybridized carbons (Fsp3) is 0.444. The molecule has 0 N–H and O–H groups in total. The molecule has 0 spiro atoms. The first-order valence-electron chi connectivity index (χ1n) is 7.92. The van der Waals surface area contributed by atoms with Crippen LogP contribution in [0.15, 0.2) is 34.9 Å². The topological polar surface area (TPSA) is 46.3 Å². The molecule has 1 saturated heterocycles. The summed E-state index contributed by atoms with van der Waals surface area (Å²) in [6.45, 7) is 6.25. The third kappa shape index (κ3) is 2.78. The molecule has 0 radical (unpaired) electrons. The van der Waals surface area contributed by atoms with Crippen LogP contribution in [0.2, 0.25) is 0 Å². The molecular weight excluding hydrogens is 276 g/mol. The standard InChI is InChI=1S/C18H22N2O2/c1-12-7-9-15(10-8-12)17-11-16(19-22-17)18(21)20-13(2)5-4-6-14(20)3/h7-11,13-14H,4-6H2,1-3H3/t13-,14-/m0/s1. The first-order valence-corrected chi connectivity index (χ1v) is 7.92. The highest BCUT2D eigenvalue weighted by Gasteiger charge is 2.31. The largest absolute Gasteiger partial charge is 0.355 e. The second-order valence-corrected chi connectivity index (χ2v) is 6.28. The second-order valence-electron chi connectivity index (χ2n) is 6.28. The summed E-state index contributed by atoms with van der Waals surface area (Å²) in [4.78, 5) is 14.7. The molecular formula is C18H22N2O2. The van der Waals surface area contributed by atoms with E-state index in [9.17, 15) is 4.79 Å². The fourth-order valence-electron chi connectivity index (χ4n) is 3.18. The molecule has 1 aliphatic heterocycles. The van der Waals surface area contributed by atoms with E-state index >= 15 is 0 Å². The first kappa shape index (κ1) is 14.8. The minimum atomic E-state index is -0.0261. The number of benzene rings is 1. The molecule has 2 heterocycles. The highest BCUT2D eigenvalue weighted by molar-refractivity contribution is 5.93. The van der Waals surface area contributed by atoms with E-state index in [0.29, 0.717) is 11.5 Å². The maximum Gasteiger partial charge on any atom is 0.276 e. The van der Waals surface area contributed by atoms with Crippen LogP contribution in [-0.2, 0) is 0 Å².